The number of amides is 3. The Morgan fingerprint density at radius 3 is 1.98 bits per heavy atom. The van der Waals surface area contributed by atoms with Crippen molar-refractivity contribution in [2.24, 2.45) is 17.8 Å². The molecule has 0 aliphatic heterocycles. The molecule has 2 fully saturated rings. The third-order valence-electron chi connectivity index (χ3n) is 9.76. The van der Waals surface area contributed by atoms with Crippen LogP contribution in [0.5, 0.6) is 0 Å². The minimum atomic E-state index is -3.41. The van der Waals surface area contributed by atoms with Crippen molar-refractivity contribution in [1.29, 1.82) is 0 Å². The second-order valence-electron chi connectivity index (χ2n) is 13.2. The zero-order chi connectivity index (χ0) is 34.2. The van der Waals surface area contributed by atoms with Gasteiger partial charge in [-0.25, -0.2) is 17.6 Å². The third-order valence-corrected chi connectivity index (χ3v) is 9.76. The number of hydrogen-bond acceptors (Lipinski definition) is 5. The molecule has 47 heavy (non-hydrogen) atoms. The number of carbonyl (C=O) groups excluding carboxylic acids is 3. The van der Waals surface area contributed by atoms with Crippen LogP contribution in [0.25, 0.3) is 0 Å². The molecule has 0 bridgehead atoms. The number of hydrogen-bond donors (Lipinski definition) is 4. The molecule has 1 aromatic carbocycles. The Morgan fingerprint density at radius 2 is 1.45 bits per heavy atom. The molecule has 2 unspecified atom stereocenters. The molecule has 2 aromatic rings. The molecular weight excluding hydrogens is 616 g/mol. The molecule has 2 aliphatic rings. The summed E-state index contributed by atoms with van der Waals surface area (Å²) in [6.45, 7) is 5.16. The Kier molecular flexibility index (Phi) is 12.7. The van der Waals surface area contributed by atoms with Crippen LogP contribution in [0.4, 0.5) is 28.9 Å². The van der Waals surface area contributed by atoms with Crippen LogP contribution in [0.1, 0.15) is 113 Å². The van der Waals surface area contributed by atoms with Crippen molar-refractivity contribution in [3.05, 3.63) is 41.5 Å². The molecular formula is C34H48F4N6O3. The maximum atomic E-state index is 15.7. The van der Waals surface area contributed by atoms with E-state index in [0.717, 1.165) is 70.3 Å². The summed E-state index contributed by atoms with van der Waals surface area (Å²) in [4.78, 5) is 40.6. The average Bonchev–Trinajstić information content (AvgIpc) is 3.56. The van der Waals surface area contributed by atoms with E-state index in [9.17, 15) is 27.6 Å². The highest BCUT2D eigenvalue weighted by atomic mass is 19.3. The standard InChI is InChI=1S/C34H48F4N6O3/c1-19(2)44-27(15-16-40-44)33(46)42-29(28(21-11-7-5-8-12-21)22-13-9-6-10-14-22)34(47)41-26-18-25(39-4)23(17-24(26)35)20(3)32(45)43-31(38)30(36)37/h15-22,28-31,39H,5-14H2,1-4H3,(H,41,47)(H,42,46)(H,43,45)/t20?,29-,31?/m0/s1. The lowest BCUT2D eigenvalue weighted by molar-refractivity contribution is -0.126. The number of benzene rings is 1. The van der Waals surface area contributed by atoms with Gasteiger partial charge in [0.05, 0.1) is 11.6 Å². The molecule has 1 aromatic heterocycles. The number of halogens is 4. The summed E-state index contributed by atoms with van der Waals surface area (Å²) < 4.78 is 56.2. The van der Waals surface area contributed by atoms with E-state index >= 15 is 4.39 Å². The quantitative estimate of drug-likeness (QED) is 0.137. The van der Waals surface area contributed by atoms with Gasteiger partial charge in [-0.1, -0.05) is 64.2 Å². The minimum absolute atomic E-state index is 0.0891. The predicted octanol–water partition coefficient (Wildman–Crippen LogP) is 6.94. The van der Waals surface area contributed by atoms with E-state index in [0.29, 0.717) is 5.69 Å². The first-order valence-electron chi connectivity index (χ1n) is 16.8. The van der Waals surface area contributed by atoms with E-state index in [2.05, 4.69) is 21.0 Å². The van der Waals surface area contributed by atoms with Gasteiger partial charge in [0.25, 0.3) is 12.3 Å². The molecule has 0 saturated heterocycles. The summed E-state index contributed by atoms with van der Waals surface area (Å²) in [6, 6.07) is 2.91. The Balaban J connectivity index is 1.67. The second kappa shape index (κ2) is 16.5. The summed E-state index contributed by atoms with van der Waals surface area (Å²) in [7, 11) is 1.52. The van der Waals surface area contributed by atoms with Crippen LogP contribution < -0.4 is 21.3 Å². The van der Waals surface area contributed by atoms with Gasteiger partial charge in [0.2, 0.25) is 18.1 Å². The normalized spacial score (nSPS) is 18.2. The van der Waals surface area contributed by atoms with Gasteiger partial charge in [-0.15, -0.1) is 0 Å². The van der Waals surface area contributed by atoms with Gasteiger partial charge in [0.15, 0.2) is 0 Å². The maximum Gasteiger partial charge on any atom is 0.287 e. The molecule has 3 atom stereocenters. The Morgan fingerprint density at radius 1 is 0.851 bits per heavy atom. The van der Waals surface area contributed by atoms with Crippen molar-refractivity contribution >= 4 is 29.1 Å². The molecule has 4 rings (SSSR count). The Bertz CT molecular complexity index is 1360. The van der Waals surface area contributed by atoms with Crippen LogP contribution in [0.15, 0.2) is 24.4 Å². The van der Waals surface area contributed by atoms with Gasteiger partial charge in [0.1, 0.15) is 17.6 Å². The Hall–Kier alpha value is -3.64. The first kappa shape index (κ1) is 36.2. The molecule has 4 N–H and O–H groups in total. The number of aromatic nitrogens is 2. The number of carbonyl (C=O) groups is 3. The third kappa shape index (κ3) is 8.84. The van der Waals surface area contributed by atoms with Crippen molar-refractivity contribution in [2.45, 2.75) is 116 Å². The molecule has 2 saturated carbocycles. The van der Waals surface area contributed by atoms with Crippen LogP contribution >= 0.6 is 0 Å². The molecule has 9 nitrogen and oxygen atoms in total. The Labute approximate surface area is 274 Å². The number of anilines is 2. The maximum absolute atomic E-state index is 15.7. The number of rotatable bonds is 13. The van der Waals surface area contributed by atoms with Gasteiger partial charge < -0.3 is 21.3 Å². The topological polar surface area (TPSA) is 117 Å². The first-order valence-corrected chi connectivity index (χ1v) is 16.8. The van der Waals surface area contributed by atoms with Gasteiger partial charge in [-0.05, 0) is 62.3 Å². The van der Waals surface area contributed by atoms with Crippen LogP contribution in [0, 0.1) is 23.6 Å². The number of alkyl halides is 3. The summed E-state index contributed by atoms with van der Waals surface area (Å²) in [6.07, 6.45) is 5.50. The average molecular weight is 665 g/mol. The van der Waals surface area contributed by atoms with Gasteiger partial charge >= 0.3 is 0 Å². The lowest BCUT2D eigenvalue weighted by atomic mass is 9.66. The molecule has 1 heterocycles. The van der Waals surface area contributed by atoms with E-state index in [-0.39, 0.29) is 40.7 Å². The van der Waals surface area contributed by atoms with E-state index in [1.54, 1.807) is 22.3 Å². The lowest BCUT2D eigenvalue weighted by Crippen LogP contribution is -2.53. The van der Waals surface area contributed by atoms with E-state index in [4.69, 9.17) is 0 Å². The highest BCUT2D eigenvalue weighted by Gasteiger charge is 2.42. The SMILES string of the molecule is CNc1cc(NC(=O)[C@@H](NC(=O)c2ccnn2C(C)C)C(C2CCCCC2)C2CCCCC2)c(F)cc1C(C)C(=O)NC(F)C(F)F. The summed E-state index contributed by atoms with van der Waals surface area (Å²) in [5.41, 5.74) is 0.487. The van der Waals surface area contributed by atoms with Crippen molar-refractivity contribution < 1.29 is 31.9 Å². The summed E-state index contributed by atoms with van der Waals surface area (Å²) >= 11 is 0. The zero-order valence-corrected chi connectivity index (χ0v) is 27.6. The first-order chi connectivity index (χ1) is 22.4. The van der Waals surface area contributed by atoms with Crippen molar-refractivity contribution in [3.8, 4) is 0 Å². The molecule has 260 valence electrons. The van der Waals surface area contributed by atoms with E-state index < -0.39 is 48.2 Å². The molecule has 3 amide bonds. The highest BCUT2D eigenvalue weighted by molar-refractivity contribution is 6.01. The van der Waals surface area contributed by atoms with Gasteiger partial charge in [-0.2, -0.15) is 5.10 Å². The van der Waals surface area contributed by atoms with Crippen molar-refractivity contribution in [1.82, 2.24) is 20.4 Å². The second-order valence-corrected chi connectivity index (χ2v) is 13.2. The monoisotopic (exact) mass is 664 g/mol. The number of nitrogens with zero attached hydrogens (tertiary/aromatic N) is 2. The van der Waals surface area contributed by atoms with Crippen LogP contribution in [-0.4, -0.2) is 53.3 Å². The van der Waals surface area contributed by atoms with Gasteiger partial charge in [-0.3, -0.25) is 19.1 Å². The molecule has 13 heteroatoms. The van der Waals surface area contributed by atoms with Crippen LogP contribution in [-0.2, 0) is 9.59 Å². The predicted molar refractivity (Wildman–Crippen MR) is 173 cm³/mol. The summed E-state index contributed by atoms with van der Waals surface area (Å²) in [5, 5.41) is 14.5. The van der Waals surface area contributed by atoms with E-state index in [1.165, 1.54) is 20.0 Å². The largest absolute Gasteiger partial charge is 0.388 e. The summed E-state index contributed by atoms with van der Waals surface area (Å²) in [5.74, 6) is -3.82. The van der Waals surface area contributed by atoms with E-state index in [1.807, 2.05) is 13.8 Å². The minimum Gasteiger partial charge on any atom is -0.388 e. The molecule has 0 spiro atoms. The smallest absolute Gasteiger partial charge is 0.287 e. The fourth-order valence-corrected chi connectivity index (χ4v) is 7.36. The highest BCUT2D eigenvalue weighted by Crippen LogP contribution is 2.42. The zero-order valence-electron chi connectivity index (χ0n) is 27.6. The van der Waals surface area contributed by atoms with Crippen molar-refractivity contribution in [2.75, 3.05) is 17.7 Å². The number of nitrogens with one attached hydrogen (secondary N) is 4. The molecule has 2 aliphatic carbocycles. The van der Waals surface area contributed by atoms with Crippen molar-refractivity contribution in [3.63, 3.8) is 0 Å². The fraction of sp³-hybridized carbons (Fsp3) is 0.647. The lowest BCUT2D eigenvalue weighted by Gasteiger charge is -2.42. The van der Waals surface area contributed by atoms with Crippen LogP contribution in [0.3, 0.4) is 0 Å². The van der Waals surface area contributed by atoms with Gasteiger partial charge in [0, 0.05) is 25.0 Å². The van der Waals surface area contributed by atoms with Crippen LogP contribution in [0.2, 0.25) is 0 Å². The fourth-order valence-electron chi connectivity index (χ4n) is 7.36. The molecule has 0 radical (unpaired) electrons.